The number of aliphatic imine (C=N–C) groups is 1. The zero-order chi connectivity index (χ0) is 22.3. The molecule has 3 rings (SSSR count). The monoisotopic (exact) mass is 459 g/mol. The van der Waals surface area contributed by atoms with Crippen molar-refractivity contribution in [3.8, 4) is 0 Å². The van der Waals surface area contributed by atoms with Gasteiger partial charge in [0.1, 0.15) is 5.25 Å². The van der Waals surface area contributed by atoms with Gasteiger partial charge in [-0.1, -0.05) is 67.9 Å². The van der Waals surface area contributed by atoms with Gasteiger partial charge in [0, 0.05) is 12.1 Å². The molecule has 31 heavy (non-hydrogen) atoms. The van der Waals surface area contributed by atoms with Gasteiger partial charge in [-0.25, -0.2) is 13.4 Å². The van der Waals surface area contributed by atoms with E-state index >= 15 is 0 Å². The van der Waals surface area contributed by atoms with E-state index in [0.717, 1.165) is 28.9 Å². The summed E-state index contributed by atoms with van der Waals surface area (Å²) in [5.74, 6) is -1.12. The molecule has 1 saturated heterocycles. The fraction of sp³-hybridized carbons (Fsp3) is 0.318. The van der Waals surface area contributed by atoms with Crippen LogP contribution in [0.1, 0.15) is 32.6 Å². The number of carbonyl (C=O) groups is 2. The first-order valence-corrected chi connectivity index (χ1v) is 12.6. The SMILES string of the molecule is CCCCCS(=O)(=O)N1C(=O)C(CC(=O)Nc2ccccc2)SC1=Nc1ccccc1. The number of rotatable bonds is 9. The molecule has 1 unspecified atom stereocenters. The van der Waals surface area contributed by atoms with Crippen molar-refractivity contribution in [1.82, 2.24) is 4.31 Å². The van der Waals surface area contributed by atoms with Gasteiger partial charge < -0.3 is 5.32 Å². The van der Waals surface area contributed by atoms with Crippen molar-refractivity contribution in [2.24, 2.45) is 4.99 Å². The third kappa shape index (κ3) is 6.18. The molecule has 1 aliphatic heterocycles. The van der Waals surface area contributed by atoms with E-state index in [0.29, 0.717) is 17.8 Å². The van der Waals surface area contributed by atoms with Crippen molar-refractivity contribution < 1.29 is 18.0 Å². The molecule has 2 aromatic rings. The summed E-state index contributed by atoms with van der Waals surface area (Å²) in [5, 5.41) is 1.97. The summed E-state index contributed by atoms with van der Waals surface area (Å²) in [4.78, 5) is 29.9. The second-order valence-electron chi connectivity index (χ2n) is 7.08. The molecule has 0 radical (unpaired) electrons. The number of nitrogens with one attached hydrogen (secondary N) is 1. The fourth-order valence-electron chi connectivity index (χ4n) is 3.05. The second kappa shape index (κ2) is 10.6. The zero-order valence-corrected chi connectivity index (χ0v) is 18.9. The predicted octanol–water partition coefficient (Wildman–Crippen LogP) is 4.17. The molecule has 1 heterocycles. The van der Waals surface area contributed by atoms with Crippen LogP contribution in [-0.2, 0) is 19.6 Å². The molecule has 164 valence electrons. The average molecular weight is 460 g/mol. The van der Waals surface area contributed by atoms with E-state index in [1.54, 1.807) is 48.5 Å². The van der Waals surface area contributed by atoms with Crippen molar-refractivity contribution in [2.45, 2.75) is 37.9 Å². The van der Waals surface area contributed by atoms with E-state index in [9.17, 15) is 18.0 Å². The van der Waals surface area contributed by atoms with Crippen molar-refractivity contribution in [1.29, 1.82) is 0 Å². The molecule has 1 N–H and O–H groups in total. The molecule has 7 nitrogen and oxygen atoms in total. The van der Waals surface area contributed by atoms with Gasteiger partial charge in [0.15, 0.2) is 5.17 Å². The van der Waals surface area contributed by atoms with Crippen LogP contribution < -0.4 is 5.32 Å². The molecule has 1 aliphatic rings. The smallest absolute Gasteiger partial charge is 0.256 e. The molecular formula is C22H25N3O4S2. The van der Waals surface area contributed by atoms with Crippen LogP contribution in [0.2, 0.25) is 0 Å². The van der Waals surface area contributed by atoms with Gasteiger partial charge in [-0.3, -0.25) is 9.59 Å². The third-order valence-electron chi connectivity index (χ3n) is 4.59. The van der Waals surface area contributed by atoms with Gasteiger partial charge in [0.05, 0.1) is 11.4 Å². The lowest BCUT2D eigenvalue weighted by Crippen LogP contribution is -2.39. The first-order chi connectivity index (χ1) is 14.9. The summed E-state index contributed by atoms with van der Waals surface area (Å²) in [6.07, 6.45) is 1.94. The third-order valence-corrected chi connectivity index (χ3v) is 7.56. The molecule has 9 heteroatoms. The molecule has 0 aliphatic carbocycles. The standard InChI is InChI=1S/C22H25N3O4S2/c1-2-3-10-15-31(28,29)25-21(27)19(16-20(26)23-17-11-6-4-7-12-17)30-22(25)24-18-13-8-5-9-14-18/h4-9,11-14,19H,2-3,10,15-16H2,1H3,(H,23,26). The Morgan fingerprint density at radius 2 is 1.71 bits per heavy atom. The average Bonchev–Trinajstić information content (AvgIpc) is 3.04. The minimum atomic E-state index is -3.88. The van der Waals surface area contributed by atoms with Gasteiger partial charge >= 0.3 is 0 Å². The Balaban J connectivity index is 1.82. The lowest BCUT2D eigenvalue weighted by atomic mass is 10.2. The fourth-order valence-corrected chi connectivity index (χ4v) is 6.06. The molecule has 1 fully saturated rings. The number of amides is 2. The Morgan fingerprint density at radius 3 is 2.35 bits per heavy atom. The Morgan fingerprint density at radius 1 is 1.06 bits per heavy atom. The van der Waals surface area contributed by atoms with Crippen LogP contribution in [0.3, 0.4) is 0 Å². The van der Waals surface area contributed by atoms with Crippen LogP contribution in [-0.4, -0.2) is 40.7 Å². The Kier molecular flexibility index (Phi) is 7.86. The number of sulfonamides is 1. The second-order valence-corrected chi connectivity index (χ2v) is 10.2. The van der Waals surface area contributed by atoms with Gasteiger partial charge in [0.2, 0.25) is 15.9 Å². The number of carbonyl (C=O) groups excluding carboxylic acids is 2. The molecular weight excluding hydrogens is 434 g/mol. The van der Waals surface area contributed by atoms with Crippen LogP contribution in [0, 0.1) is 0 Å². The molecule has 0 bridgehead atoms. The highest BCUT2D eigenvalue weighted by Crippen LogP contribution is 2.34. The molecule has 0 saturated carbocycles. The number of benzene rings is 2. The van der Waals surface area contributed by atoms with E-state index in [1.165, 1.54) is 0 Å². The molecule has 0 aromatic heterocycles. The van der Waals surface area contributed by atoms with Crippen LogP contribution >= 0.6 is 11.8 Å². The number of thioether (sulfide) groups is 1. The molecule has 2 aromatic carbocycles. The van der Waals surface area contributed by atoms with Crippen LogP contribution in [0.4, 0.5) is 11.4 Å². The Labute approximate surface area is 187 Å². The maximum Gasteiger partial charge on any atom is 0.256 e. The van der Waals surface area contributed by atoms with E-state index in [4.69, 9.17) is 0 Å². The normalized spacial score (nSPS) is 17.8. The van der Waals surface area contributed by atoms with Crippen LogP contribution in [0.5, 0.6) is 0 Å². The number of hydrogen-bond donors (Lipinski definition) is 1. The van der Waals surface area contributed by atoms with Crippen LogP contribution in [0.25, 0.3) is 0 Å². The van der Waals surface area contributed by atoms with E-state index in [2.05, 4.69) is 10.3 Å². The number of amidine groups is 1. The molecule has 0 spiro atoms. The summed E-state index contributed by atoms with van der Waals surface area (Å²) in [6.45, 7) is 1.98. The van der Waals surface area contributed by atoms with E-state index in [-0.39, 0.29) is 23.2 Å². The van der Waals surface area contributed by atoms with Crippen LogP contribution in [0.15, 0.2) is 65.7 Å². The quantitative estimate of drug-likeness (QED) is 0.568. The lowest BCUT2D eigenvalue weighted by molar-refractivity contribution is -0.125. The zero-order valence-electron chi connectivity index (χ0n) is 17.2. The predicted molar refractivity (Wildman–Crippen MR) is 125 cm³/mol. The Hall–Kier alpha value is -2.65. The number of hydrogen-bond acceptors (Lipinski definition) is 6. The Bertz CT molecular complexity index is 1040. The molecule has 1 atom stereocenters. The summed E-state index contributed by atoms with van der Waals surface area (Å²) in [6, 6.07) is 17.8. The maximum absolute atomic E-state index is 13.0. The van der Waals surface area contributed by atoms with E-state index in [1.807, 2.05) is 19.1 Å². The highest BCUT2D eigenvalue weighted by Gasteiger charge is 2.45. The number of unbranched alkanes of at least 4 members (excludes halogenated alkanes) is 2. The van der Waals surface area contributed by atoms with Crippen molar-refractivity contribution in [3.05, 3.63) is 60.7 Å². The minimum absolute atomic E-state index is 0.0882. The molecule has 2 amide bonds. The lowest BCUT2D eigenvalue weighted by Gasteiger charge is -2.16. The topological polar surface area (TPSA) is 95.9 Å². The largest absolute Gasteiger partial charge is 0.326 e. The highest BCUT2D eigenvalue weighted by atomic mass is 32.2. The van der Waals surface area contributed by atoms with Gasteiger partial charge in [-0.2, -0.15) is 4.31 Å². The van der Waals surface area contributed by atoms with E-state index < -0.39 is 21.2 Å². The first kappa shape index (κ1) is 23.0. The summed E-state index contributed by atoms with van der Waals surface area (Å²) >= 11 is 1.01. The van der Waals surface area contributed by atoms with Gasteiger partial charge in [-0.15, -0.1) is 0 Å². The van der Waals surface area contributed by atoms with Gasteiger partial charge in [-0.05, 0) is 30.7 Å². The first-order valence-electron chi connectivity index (χ1n) is 10.1. The van der Waals surface area contributed by atoms with Crippen molar-refractivity contribution in [2.75, 3.05) is 11.1 Å². The number of nitrogens with zero attached hydrogens (tertiary/aromatic N) is 2. The van der Waals surface area contributed by atoms with Crippen molar-refractivity contribution in [3.63, 3.8) is 0 Å². The number of para-hydroxylation sites is 2. The minimum Gasteiger partial charge on any atom is -0.326 e. The summed E-state index contributed by atoms with van der Waals surface area (Å²) in [7, 11) is -3.88. The van der Waals surface area contributed by atoms with Gasteiger partial charge in [0.25, 0.3) is 5.91 Å². The van der Waals surface area contributed by atoms with Crippen molar-refractivity contribution >= 4 is 50.1 Å². The summed E-state index contributed by atoms with van der Waals surface area (Å²) in [5.41, 5.74) is 1.16. The number of anilines is 1. The summed E-state index contributed by atoms with van der Waals surface area (Å²) < 4.78 is 26.7. The highest BCUT2D eigenvalue weighted by molar-refractivity contribution is 8.17. The maximum atomic E-state index is 13.0.